The quantitative estimate of drug-likeness (QED) is 0.707. The van der Waals surface area contributed by atoms with Crippen LogP contribution in [0.25, 0.3) is 0 Å². The van der Waals surface area contributed by atoms with Gasteiger partial charge in [-0.15, -0.1) is 0 Å². The van der Waals surface area contributed by atoms with Crippen LogP contribution in [0.4, 0.5) is 17.1 Å². The van der Waals surface area contributed by atoms with Crippen molar-refractivity contribution in [3.05, 3.63) is 83.2 Å². The summed E-state index contributed by atoms with van der Waals surface area (Å²) in [5.41, 5.74) is 6.51. The number of nitrogens with zero attached hydrogens (tertiary/aromatic N) is 1. The first kappa shape index (κ1) is 16.7. The number of anilines is 3. The molecule has 126 valence electrons. The molecule has 0 radical (unpaired) electrons. The Morgan fingerprint density at radius 2 is 1.64 bits per heavy atom. The summed E-state index contributed by atoms with van der Waals surface area (Å²) in [6, 6.07) is 17.5. The molecule has 1 aromatic heterocycles. The van der Waals surface area contributed by atoms with Crippen molar-refractivity contribution in [1.29, 1.82) is 0 Å². The molecule has 2 N–H and O–H groups in total. The molecular weight excluding hydrogens is 310 g/mol. The lowest BCUT2D eigenvalue weighted by molar-refractivity contribution is 0.102. The van der Waals surface area contributed by atoms with Crippen molar-refractivity contribution in [2.45, 2.75) is 20.8 Å². The summed E-state index contributed by atoms with van der Waals surface area (Å²) in [7, 11) is 0. The van der Waals surface area contributed by atoms with Crippen LogP contribution < -0.4 is 10.6 Å². The molecule has 0 atom stereocenters. The summed E-state index contributed by atoms with van der Waals surface area (Å²) >= 11 is 0. The van der Waals surface area contributed by atoms with Crippen LogP contribution in [0.3, 0.4) is 0 Å². The normalized spacial score (nSPS) is 10.4. The van der Waals surface area contributed by atoms with E-state index in [1.807, 2.05) is 43.3 Å². The van der Waals surface area contributed by atoms with Gasteiger partial charge in [-0.2, -0.15) is 0 Å². The summed E-state index contributed by atoms with van der Waals surface area (Å²) in [6.45, 7) is 6.15. The number of rotatable bonds is 4. The zero-order chi connectivity index (χ0) is 17.8. The minimum absolute atomic E-state index is 0.227. The number of hydrogen-bond donors (Lipinski definition) is 2. The minimum Gasteiger partial charge on any atom is -0.355 e. The lowest BCUT2D eigenvalue weighted by Gasteiger charge is -2.10. The van der Waals surface area contributed by atoms with E-state index in [1.165, 1.54) is 11.1 Å². The third kappa shape index (κ3) is 4.23. The van der Waals surface area contributed by atoms with E-state index in [9.17, 15) is 4.79 Å². The minimum atomic E-state index is -0.227. The van der Waals surface area contributed by atoms with E-state index in [0.717, 1.165) is 22.6 Å². The van der Waals surface area contributed by atoms with Gasteiger partial charge in [0.1, 0.15) is 5.69 Å². The molecule has 1 amide bonds. The average molecular weight is 331 g/mol. The fourth-order valence-electron chi connectivity index (χ4n) is 2.54. The van der Waals surface area contributed by atoms with E-state index < -0.39 is 0 Å². The molecule has 0 saturated heterocycles. The van der Waals surface area contributed by atoms with Crippen molar-refractivity contribution in [3.8, 4) is 0 Å². The second-order valence-corrected chi connectivity index (χ2v) is 6.18. The summed E-state index contributed by atoms with van der Waals surface area (Å²) in [5, 5.41) is 6.20. The van der Waals surface area contributed by atoms with E-state index >= 15 is 0 Å². The SMILES string of the molecule is Cc1cccc(NC(=O)c2cc(Nc3ccc(C)c(C)c3)ccn2)c1. The number of aryl methyl sites for hydroxylation is 3. The predicted octanol–water partition coefficient (Wildman–Crippen LogP) is 5.00. The first-order valence-electron chi connectivity index (χ1n) is 8.19. The van der Waals surface area contributed by atoms with Crippen LogP contribution in [-0.2, 0) is 0 Å². The van der Waals surface area contributed by atoms with Crippen molar-refractivity contribution in [1.82, 2.24) is 4.98 Å². The highest BCUT2D eigenvalue weighted by Gasteiger charge is 2.09. The zero-order valence-corrected chi connectivity index (χ0v) is 14.6. The second-order valence-electron chi connectivity index (χ2n) is 6.18. The van der Waals surface area contributed by atoms with E-state index in [0.29, 0.717) is 5.69 Å². The standard InChI is InChI=1S/C21H21N3O/c1-14-5-4-6-17(11-14)24-21(25)20-13-19(9-10-22-20)23-18-8-7-15(2)16(3)12-18/h4-13H,1-3H3,(H,22,23)(H,24,25). The van der Waals surface area contributed by atoms with Crippen LogP contribution in [0.1, 0.15) is 27.2 Å². The molecule has 4 nitrogen and oxygen atoms in total. The fraction of sp³-hybridized carbons (Fsp3) is 0.143. The van der Waals surface area contributed by atoms with Gasteiger partial charge in [0.05, 0.1) is 0 Å². The molecule has 0 spiro atoms. The molecular formula is C21H21N3O. The highest BCUT2D eigenvalue weighted by Crippen LogP contribution is 2.20. The maximum atomic E-state index is 12.4. The molecule has 0 aliphatic carbocycles. The Morgan fingerprint density at radius 3 is 2.40 bits per heavy atom. The Hall–Kier alpha value is -3.14. The Balaban J connectivity index is 1.76. The summed E-state index contributed by atoms with van der Waals surface area (Å²) in [5.74, 6) is -0.227. The topological polar surface area (TPSA) is 54.0 Å². The molecule has 0 bridgehead atoms. The monoisotopic (exact) mass is 331 g/mol. The number of nitrogens with one attached hydrogen (secondary N) is 2. The molecule has 3 rings (SSSR count). The lowest BCUT2D eigenvalue weighted by Crippen LogP contribution is -2.13. The largest absolute Gasteiger partial charge is 0.355 e. The zero-order valence-electron chi connectivity index (χ0n) is 14.6. The Labute approximate surface area is 147 Å². The van der Waals surface area contributed by atoms with Crippen LogP contribution >= 0.6 is 0 Å². The number of benzene rings is 2. The molecule has 0 aliphatic rings. The smallest absolute Gasteiger partial charge is 0.274 e. The highest BCUT2D eigenvalue weighted by molar-refractivity contribution is 6.03. The van der Waals surface area contributed by atoms with Gasteiger partial charge in [0.25, 0.3) is 5.91 Å². The summed E-state index contributed by atoms with van der Waals surface area (Å²) < 4.78 is 0. The van der Waals surface area contributed by atoms with Crippen LogP contribution in [-0.4, -0.2) is 10.9 Å². The van der Waals surface area contributed by atoms with E-state index in [1.54, 1.807) is 12.3 Å². The van der Waals surface area contributed by atoms with Crippen molar-refractivity contribution in [2.24, 2.45) is 0 Å². The molecule has 0 fully saturated rings. The first-order chi connectivity index (χ1) is 12.0. The number of hydrogen-bond acceptors (Lipinski definition) is 3. The summed E-state index contributed by atoms with van der Waals surface area (Å²) in [4.78, 5) is 16.6. The van der Waals surface area contributed by atoms with Crippen LogP contribution in [0.5, 0.6) is 0 Å². The van der Waals surface area contributed by atoms with Gasteiger partial charge in [-0.05, 0) is 73.9 Å². The third-order valence-electron chi connectivity index (χ3n) is 4.06. The van der Waals surface area contributed by atoms with Gasteiger partial charge in [0.15, 0.2) is 0 Å². The molecule has 0 aliphatic heterocycles. The van der Waals surface area contributed by atoms with Crippen LogP contribution in [0.2, 0.25) is 0 Å². The molecule has 0 unspecified atom stereocenters. The third-order valence-corrected chi connectivity index (χ3v) is 4.06. The van der Waals surface area contributed by atoms with Gasteiger partial charge in [-0.1, -0.05) is 18.2 Å². The van der Waals surface area contributed by atoms with Crippen LogP contribution in [0, 0.1) is 20.8 Å². The Kier molecular flexibility index (Phi) is 4.80. The first-order valence-corrected chi connectivity index (χ1v) is 8.19. The maximum Gasteiger partial charge on any atom is 0.274 e. The molecule has 4 heteroatoms. The molecule has 25 heavy (non-hydrogen) atoms. The van der Waals surface area contributed by atoms with Crippen molar-refractivity contribution < 1.29 is 4.79 Å². The Bertz CT molecular complexity index is 919. The molecule has 1 heterocycles. The van der Waals surface area contributed by atoms with Crippen LogP contribution in [0.15, 0.2) is 60.8 Å². The van der Waals surface area contributed by atoms with Crippen molar-refractivity contribution >= 4 is 23.0 Å². The van der Waals surface area contributed by atoms with Gasteiger partial charge in [0.2, 0.25) is 0 Å². The average Bonchev–Trinajstić information content (AvgIpc) is 2.58. The molecule has 2 aromatic carbocycles. The number of amides is 1. The Morgan fingerprint density at radius 1 is 0.840 bits per heavy atom. The molecule has 0 saturated carbocycles. The number of carbonyl (C=O) groups is 1. The fourth-order valence-corrected chi connectivity index (χ4v) is 2.54. The van der Waals surface area contributed by atoms with E-state index in [-0.39, 0.29) is 5.91 Å². The highest BCUT2D eigenvalue weighted by atomic mass is 16.1. The van der Waals surface area contributed by atoms with Gasteiger partial charge in [-0.25, -0.2) is 0 Å². The van der Waals surface area contributed by atoms with Gasteiger partial charge < -0.3 is 10.6 Å². The van der Waals surface area contributed by atoms with Gasteiger partial charge >= 0.3 is 0 Å². The number of aromatic nitrogens is 1. The second kappa shape index (κ2) is 7.18. The van der Waals surface area contributed by atoms with Crippen molar-refractivity contribution in [2.75, 3.05) is 10.6 Å². The van der Waals surface area contributed by atoms with Gasteiger partial charge in [-0.3, -0.25) is 9.78 Å². The molecule has 3 aromatic rings. The van der Waals surface area contributed by atoms with E-state index in [4.69, 9.17) is 0 Å². The number of carbonyl (C=O) groups excluding carboxylic acids is 1. The predicted molar refractivity (Wildman–Crippen MR) is 103 cm³/mol. The van der Waals surface area contributed by atoms with E-state index in [2.05, 4.69) is 41.6 Å². The maximum absolute atomic E-state index is 12.4. The lowest BCUT2D eigenvalue weighted by atomic mass is 10.1. The van der Waals surface area contributed by atoms with Crippen molar-refractivity contribution in [3.63, 3.8) is 0 Å². The van der Waals surface area contributed by atoms with Gasteiger partial charge in [0, 0.05) is 23.3 Å². The number of pyridine rings is 1. The summed E-state index contributed by atoms with van der Waals surface area (Å²) in [6.07, 6.45) is 1.63.